The summed E-state index contributed by atoms with van der Waals surface area (Å²) < 4.78 is 10.1. The lowest BCUT2D eigenvalue weighted by Crippen LogP contribution is -2.26. The number of halogens is 1. The highest BCUT2D eigenvalue weighted by Gasteiger charge is 2.29. The maximum atomic E-state index is 11.3. The van der Waals surface area contributed by atoms with Gasteiger partial charge in [-0.15, -0.1) is 12.4 Å². The van der Waals surface area contributed by atoms with Crippen LogP contribution >= 0.6 is 12.4 Å². The van der Waals surface area contributed by atoms with Crippen molar-refractivity contribution in [3.63, 3.8) is 0 Å². The zero-order valence-corrected chi connectivity index (χ0v) is 9.75. The SMILES string of the molecule is COC(=O)[C@H]1Cc2cc(CN)ccc2O1.Cl. The van der Waals surface area contributed by atoms with E-state index in [0.29, 0.717) is 13.0 Å². The summed E-state index contributed by atoms with van der Waals surface area (Å²) in [5, 5.41) is 0. The highest BCUT2D eigenvalue weighted by Crippen LogP contribution is 2.29. The van der Waals surface area contributed by atoms with Gasteiger partial charge in [-0.2, -0.15) is 0 Å². The number of carbonyl (C=O) groups excluding carboxylic acids is 1. The predicted molar refractivity (Wildman–Crippen MR) is 61.7 cm³/mol. The zero-order valence-electron chi connectivity index (χ0n) is 8.93. The first-order valence-corrected chi connectivity index (χ1v) is 4.81. The fourth-order valence-corrected chi connectivity index (χ4v) is 1.69. The van der Waals surface area contributed by atoms with Crippen molar-refractivity contribution in [1.29, 1.82) is 0 Å². The van der Waals surface area contributed by atoms with Gasteiger partial charge in [-0.25, -0.2) is 4.79 Å². The van der Waals surface area contributed by atoms with Gasteiger partial charge in [0.05, 0.1) is 7.11 Å². The molecule has 0 fully saturated rings. The minimum atomic E-state index is -0.502. The van der Waals surface area contributed by atoms with Crippen LogP contribution in [0.2, 0.25) is 0 Å². The number of hydrogen-bond acceptors (Lipinski definition) is 4. The number of hydrogen-bond donors (Lipinski definition) is 1. The van der Waals surface area contributed by atoms with Gasteiger partial charge in [0.1, 0.15) is 5.75 Å². The van der Waals surface area contributed by atoms with Gasteiger partial charge in [0.25, 0.3) is 0 Å². The molecule has 2 rings (SSSR count). The molecule has 4 nitrogen and oxygen atoms in total. The van der Waals surface area contributed by atoms with E-state index in [1.54, 1.807) is 0 Å². The molecule has 0 saturated carbocycles. The second-order valence-electron chi connectivity index (χ2n) is 3.48. The van der Waals surface area contributed by atoms with E-state index in [4.69, 9.17) is 10.5 Å². The number of fused-ring (bicyclic) bond motifs is 1. The largest absolute Gasteiger partial charge is 0.478 e. The van der Waals surface area contributed by atoms with Crippen LogP contribution in [-0.4, -0.2) is 19.2 Å². The van der Waals surface area contributed by atoms with Crippen LogP contribution in [0.3, 0.4) is 0 Å². The van der Waals surface area contributed by atoms with Gasteiger partial charge in [0, 0.05) is 13.0 Å². The van der Waals surface area contributed by atoms with Crippen LogP contribution in [0.4, 0.5) is 0 Å². The molecule has 0 unspecified atom stereocenters. The van der Waals surface area contributed by atoms with Crippen molar-refractivity contribution in [2.24, 2.45) is 5.73 Å². The molecule has 5 heteroatoms. The average Bonchev–Trinajstić information content (AvgIpc) is 2.70. The Morgan fingerprint density at radius 3 is 3.00 bits per heavy atom. The van der Waals surface area contributed by atoms with Crippen molar-refractivity contribution in [2.75, 3.05) is 7.11 Å². The average molecular weight is 244 g/mol. The Kier molecular flexibility index (Phi) is 4.15. The van der Waals surface area contributed by atoms with Gasteiger partial charge in [-0.3, -0.25) is 0 Å². The molecule has 0 spiro atoms. The van der Waals surface area contributed by atoms with Crippen molar-refractivity contribution < 1.29 is 14.3 Å². The van der Waals surface area contributed by atoms with Gasteiger partial charge in [0.15, 0.2) is 6.10 Å². The third kappa shape index (κ3) is 2.28. The van der Waals surface area contributed by atoms with Gasteiger partial charge >= 0.3 is 5.97 Å². The normalized spacial score (nSPS) is 17.0. The number of rotatable bonds is 2. The molecule has 1 aromatic carbocycles. The van der Waals surface area contributed by atoms with Crippen molar-refractivity contribution >= 4 is 18.4 Å². The zero-order chi connectivity index (χ0) is 10.8. The molecule has 1 aliphatic heterocycles. The molecule has 0 bridgehead atoms. The molecule has 1 aliphatic rings. The standard InChI is InChI=1S/C11H13NO3.ClH/c1-14-11(13)10-5-8-4-7(6-12)2-3-9(8)15-10;/h2-4,10H,5-6,12H2,1H3;1H/t10-;/m1./s1. The first kappa shape index (κ1) is 12.8. The lowest BCUT2D eigenvalue weighted by molar-refractivity contribution is -0.147. The summed E-state index contributed by atoms with van der Waals surface area (Å²) in [6, 6.07) is 5.72. The summed E-state index contributed by atoms with van der Waals surface area (Å²) in [5.74, 6) is 0.420. The first-order valence-electron chi connectivity index (χ1n) is 4.81. The summed E-state index contributed by atoms with van der Waals surface area (Å²) in [6.07, 6.45) is 0.0635. The smallest absolute Gasteiger partial charge is 0.347 e. The summed E-state index contributed by atoms with van der Waals surface area (Å²) in [4.78, 5) is 11.3. The number of ether oxygens (including phenoxy) is 2. The predicted octanol–water partition coefficient (Wildman–Crippen LogP) is 1.04. The Morgan fingerprint density at radius 1 is 1.62 bits per heavy atom. The maximum absolute atomic E-state index is 11.3. The van der Waals surface area contributed by atoms with Crippen LogP contribution in [-0.2, 0) is 22.5 Å². The molecule has 1 aromatic rings. The molecule has 0 amide bonds. The van der Waals surface area contributed by atoms with Crippen LogP contribution in [0.25, 0.3) is 0 Å². The monoisotopic (exact) mass is 243 g/mol. The molecule has 1 heterocycles. The highest BCUT2D eigenvalue weighted by molar-refractivity contribution is 5.85. The summed E-state index contributed by atoms with van der Waals surface area (Å²) in [6.45, 7) is 0.496. The Morgan fingerprint density at radius 2 is 2.38 bits per heavy atom. The van der Waals surface area contributed by atoms with Crippen molar-refractivity contribution in [3.05, 3.63) is 29.3 Å². The first-order chi connectivity index (χ1) is 7.24. The van der Waals surface area contributed by atoms with Gasteiger partial charge < -0.3 is 15.2 Å². The molecule has 0 aromatic heterocycles. The minimum Gasteiger partial charge on any atom is -0.478 e. The van der Waals surface area contributed by atoms with Gasteiger partial charge in [-0.05, 0) is 17.2 Å². The Balaban J connectivity index is 0.00000128. The molecule has 0 radical (unpaired) electrons. The molecule has 0 aliphatic carbocycles. The van der Waals surface area contributed by atoms with E-state index >= 15 is 0 Å². The van der Waals surface area contributed by atoms with Gasteiger partial charge in [-0.1, -0.05) is 12.1 Å². The minimum absolute atomic E-state index is 0. The molecular weight excluding hydrogens is 230 g/mol. The fourth-order valence-electron chi connectivity index (χ4n) is 1.69. The van der Waals surface area contributed by atoms with E-state index in [0.717, 1.165) is 16.9 Å². The number of methoxy groups -OCH3 is 1. The van der Waals surface area contributed by atoms with Crippen LogP contribution < -0.4 is 10.5 Å². The molecule has 1 atom stereocenters. The van der Waals surface area contributed by atoms with Crippen molar-refractivity contribution in [1.82, 2.24) is 0 Å². The summed E-state index contributed by atoms with van der Waals surface area (Å²) >= 11 is 0. The third-order valence-corrected chi connectivity index (χ3v) is 2.50. The maximum Gasteiger partial charge on any atom is 0.347 e. The second kappa shape index (κ2) is 5.18. The quantitative estimate of drug-likeness (QED) is 0.789. The lowest BCUT2D eigenvalue weighted by atomic mass is 10.1. The van der Waals surface area contributed by atoms with Crippen LogP contribution in [0.1, 0.15) is 11.1 Å². The Hall–Kier alpha value is -1.26. The number of esters is 1. The van der Waals surface area contributed by atoms with E-state index in [2.05, 4.69) is 4.74 Å². The van der Waals surface area contributed by atoms with E-state index in [-0.39, 0.29) is 18.4 Å². The fraction of sp³-hybridized carbons (Fsp3) is 0.364. The molecule has 2 N–H and O–H groups in total. The lowest BCUT2D eigenvalue weighted by Gasteiger charge is -2.06. The summed E-state index contributed by atoms with van der Waals surface area (Å²) in [5.41, 5.74) is 7.60. The van der Waals surface area contributed by atoms with Crippen molar-refractivity contribution in [2.45, 2.75) is 19.1 Å². The van der Waals surface area contributed by atoms with E-state index in [9.17, 15) is 4.79 Å². The number of nitrogens with two attached hydrogens (primary N) is 1. The van der Waals surface area contributed by atoms with Gasteiger partial charge in [0.2, 0.25) is 0 Å². The summed E-state index contributed by atoms with van der Waals surface area (Å²) in [7, 11) is 1.36. The number of carbonyl (C=O) groups is 1. The highest BCUT2D eigenvalue weighted by atomic mass is 35.5. The molecule has 0 saturated heterocycles. The van der Waals surface area contributed by atoms with Crippen molar-refractivity contribution in [3.8, 4) is 5.75 Å². The molecule has 16 heavy (non-hydrogen) atoms. The van der Waals surface area contributed by atoms with E-state index in [1.165, 1.54) is 7.11 Å². The van der Waals surface area contributed by atoms with E-state index in [1.807, 2.05) is 18.2 Å². The molecular formula is C11H14ClNO3. The van der Waals surface area contributed by atoms with Crippen LogP contribution in [0.5, 0.6) is 5.75 Å². The van der Waals surface area contributed by atoms with Crippen LogP contribution in [0, 0.1) is 0 Å². The third-order valence-electron chi connectivity index (χ3n) is 2.50. The Labute approximate surface area is 100 Å². The number of benzene rings is 1. The van der Waals surface area contributed by atoms with Crippen LogP contribution in [0.15, 0.2) is 18.2 Å². The topological polar surface area (TPSA) is 61.5 Å². The Bertz CT molecular complexity index is 395. The van der Waals surface area contributed by atoms with E-state index < -0.39 is 6.10 Å². The second-order valence-corrected chi connectivity index (χ2v) is 3.48. The molecule has 88 valence electrons.